The molecule has 138 valence electrons. The fourth-order valence-corrected chi connectivity index (χ4v) is 3.51. The Balaban J connectivity index is 1.53. The number of carbonyl (C=O) groups is 2. The molecule has 2 aromatic rings. The zero-order chi connectivity index (χ0) is 18.4. The number of hydrogen-bond acceptors (Lipinski definition) is 7. The van der Waals surface area contributed by atoms with Crippen molar-refractivity contribution in [2.45, 2.75) is 19.8 Å². The summed E-state index contributed by atoms with van der Waals surface area (Å²) >= 11 is 1.65. The van der Waals surface area contributed by atoms with Gasteiger partial charge in [0.1, 0.15) is 0 Å². The van der Waals surface area contributed by atoms with Gasteiger partial charge < -0.3 is 14.5 Å². The van der Waals surface area contributed by atoms with E-state index in [0.29, 0.717) is 38.7 Å². The molecule has 1 aliphatic rings. The van der Waals surface area contributed by atoms with Crippen LogP contribution in [0.1, 0.15) is 19.8 Å². The van der Waals surface area contributed by atoms with Gasteiger partial charge in [-0.05, 0) is 24.4 Å². The van der Waals surface area contributed by atoms with Gasteiger partial charge in [0, 0.05) is 38.8 Å². The van der Waals surface area contributed by atoms with Gasteiger partial charge in [-0.3, -0.25) is 9.59 Å². The fraction of sp³-hybridized carbons (Fsp3) is 0.444. The molecule has 8 heteroatoms. The first-order chi connectivity index (χ1) is 12.7. The van der Waals surface area contributed by atoms with Gasteiger partial charge in [-0.25, -0.2) is 9.97 Å². The Morgan fingerprint density at radius 2 is 2.00 bits per heavy atom. The van der Waals surface area contributed by atoms with Crippen LogP contribution in [0.5, 0.6) is 0 Å². The highest BCUT2D eigenvalue weighted by Crippen LogP contribution is 2.24. The summed E-state index contributed by atoms with van der Waals surface area (Å²) < 4.78 is 4.86. The van der Waals surface area contributed by atoms with E-state index in [1.165, 1.54) is 0 Å². The Labute approximate surface area is 156 Å². The molecule has 0 saturated carbocycles. The van der Waals surface area contributed by atoms with E-state index in [1.54, 1.807) is 29.4 Å². The van der Waals surface area contributed by atoms with E-state index in [1.807, 2.05) is 23.6 Å². The van der Waals surface area contributed by atoms with E-state index in [0.717, 1.165) is 10.6 Å². The van der Waals surface area contributed by atoms with Crippen molar-refractivity contribution in [3.8, 4) is 10.6 Å². The number of anilines is 1. The van der Waals surface area contributed by atoms with Crippen molar-refractivity contribution < 1.29 is 14.3 Å². The van der Waals surface area contributed by atoms with Crippen molar-refractivity contribution in [3.05, 3.63) is 29.8 Å². The topological polar surface area (TPSA) is 75.6 Å². The van der Waals surface area contributed by atoms with Crippen molar-refractivity contribution in [1.82, 2.24) is 14.9 Å². The second kappa shape index (κ2) is 8.75. The second-order valence-electron chi connectivity index (χ2n) is 5.89. The summed E-state index contributed by atoms with van der Waals surface area (Å²) in [6.45, 7) is 4.67. The largest absolute Gasteiger partial charge is 0.466 e. The molecule has 1 saturated heterocycles. The van der Waals surface area contributed by atoms with E-state index >= 15 is 0 Å². The van der Waals surface area contributed by atoms with Crippen LogP contribution in [0.4, 0.5) is 5.95 Å². The van der Waals surface area contributed by atoms with Gasteiger partial charge >= 0.3 is 5.97 Å². The molecule has 26 heavy (non-hydrogen) atoms. The predicted molar refractivity (Wildman–Crippen MR) is 100 cm³/mol. The van der Waals surface area contributed by atoms with Gasteiger partial charge in [-0.1, -0.05) is 6.07 Å². The first kappa shape index (κ1) is 18.3. The van der Waals surface area contributed by atoms with Crippen LogP contribution < -0.4 is 4.90 Å². The third-order valence-corrected chi connectivity index (χ3v) is 5.07. The molecule has 0 radical (unpaired) electrons. The lowest BCUT2D eigenvalue weighted by atomic mass is 10.2. The maximum absolute atomic E-state index is 12.2. The number of piperazine rings is 1. The van der Waals surface area contributed by atoms with Gasteiger partial charge in [-0.2, -0.15) is 0 Å². The molecule has 3 rings (SSSR count). The van der Waals surface area contributed by atoms with E-state index in [4.69, 9.17) is 4.74 Å². The summed E-state index contributed by atoms with van der Waals surface area (Å²) in [6.07, 6.45) is 2.11. The van der Waals surface area contributed by atoms with Crippen LogP contribution in [0.3, 0.4) is 0 Å². The Morgan fingerprint density at radius 1 is 1.19 bits per heavy atom. The van der Waals surface area contributed by atoms with E-state index < -0.39 is 0 Å². The minimum absolute atomic E-state index is 0.00837. The number of carbonyl (C=O) groups excluding carboxylic acids is 2. The molecule has 0 N–H and O–H groups in total. The summed E-state index contributed by atoms with van der Waals surface area (Å²) in [5.41, 5.74) is 0.915. The molecule has 0 spiro atoms. The number of nitrogens with zero attached hydrogens (tertiary/aromatic N) is 4. The zero-order valence-electron chi connectivity index (χ0n) is 14.8. The summed E-state index contributed by atoms with van der Waals surface area (Å²) in [5, 5.41) is 2.03. The number of thiophene rings is 1. The Hall–Kier alpha value is -2.48. The van der Waals surface area contributed by atoms with Crippen molar-refractivity contribution in [1.29, 1.82) is 0 Å². The second-order valence-corrected chi connectivity index (χ2v) is 6.84. The lowest BCUT2D eigenvalue weighted by Crippen LogP contribution is -2.49. The molecule has 3 heterocycles. The van der Waals surface area contributed by atoms with Crippen LogP contribution in [-0.4, -0.2) is 59.5 Å². The van der Waals surface area contributed by atoms with Crippen molar-refractivity contribution in [2.75, 3.05) is 37.7 Å². The fourth-order valence-electron chi connectivity index (χ4n) is 2.82. The zero-order valence-corrected chi connectivity index (χ0v) is 15.6. The number of hydrogen-bond donors (Lipinski definition) is 0. The first-order valence-electron chi connectivity index (χ1n) is 8.72. The van der Waals surface area contributed by atoms with Crippen LogP contribution in [0.25, 0.3) is 10.6 Å². The molecular weight excluding hydrogens is 352 g/mol. The van der Waals surface area contributed by atoms with Gasteiger partial charge in [0.15, 0.2) is 0 Å². The lowest BCUT2D eigenvalue weighted by molar-refractivity contribution is -0.145. The van der Waals surface area contributed by atoms with Crippen LogP contribution in [0.2, 0.25) is 0 Å². The third-order valence-electron chi connectivity index (χ3n) is 4.18. The van der Waals surface area contributed by atoms with Gasteiger partial charge in [0.2, 0.25) is 11.9 Å². The molecule has 0 bridgehead atoms. The Morgan fingerprint density at radius 3 is 2.69 bits per heavy atom. The number of ether oxygens (including phenoxy) is 1. The minimum atomic E-state index is -0.321. The summed E-state index contributed by atoms with van der Waals surface area (Å²) in [7, 11) is 0. The molecule has 1 fully saturated rings. The van der Waals surface area contributed by atoms with Gasteiger partial charge in [-0.15, -0.1) is 11.3 Å². The van der Waals surface area contributed by atoms with Crippen LogP contribution in [0.15, 0.2) is 29.8 Å². The Bertz CT molecular complexity index is 743. The van der Waals surface area contributed by atoms with Crippen LogP contribution >= 0.6 is 11.3 Å². The monoisotopic (exact) mass is 374 g/mol. The quantitative estimate of drug-likeness (QED) is 0.722. The molecule has 0 aliphatic carbocycles. The molecular formula is C18H22N4O3S. The van der Waals surface area contributed by atoms with Crippen molar-refractivity contribution in [2.24, 2.45) is 0 Å². The standard InChI is InChI=1S/C18H22N4O3S/c1-2-25-17(24)6-5-16(23)21-9-11-22(12-10-21)18-19-8-7-14(20-18)15-4-3-13-26-15/h3-4,7-8,13H,2,5-6,9-12H2,1H3. The molecule has 0 aromatic carbocycles. The highest BCUT2D eigenvalue weighted by Gasteiger charge is 2.23. The summed E-state index contributed by atoms with van der Waals surface area (Å²) in [5.74, 6) is 0.360. The average molecular weight is 374 g/mol. The van der Waals surface area contributed by atoms with Gasteiger partial charge in [0.05, 0.1) is 23.6 Å². The van der Waals surface area contributed by atoms with Crippen LogP contribution in [-0.2, 0) is 14.3 Å². The lowest BCUT2D eigenvalue weighted by Gasteiger charge is -2.34. The molecule has 1 aliphatic heterocycles. The maximum atomic E-state index is 12.2. The molecule has 0 unspecified atom stereocenters. The van der Waals surface area contributed by atoms with E-state index in [2.05, 4.69) is 14.9 Å². The molecule has 2 aromatic heterocycles. The highest BCUT2D eigenvalue weighted by atomic mass is 32.1. The SMILES string of the molecule is CCOC(=O)CCC(=O)N1CCN(c2nccc(-c3cccs3)n2)CC1. The summed E-state index contributed by atoms with van der Waals surface area (Å²) in [6, 6.07) is 5.95. The predicted octanol–water partition coefficient (Wildman–Crippen LogP) is 2.20. The Kier molecular flexibility index (Phi) is 6.17. The molecule has 7 nitrogen and oxygen atoms in total. The average Bonchev–Trinajstić information content (AvgIpc) is 3.21. The van der Waals surface area contributed by atoms with Crippen molar-refractivity contribution >= 4 is 29.2 Å². The van der Waals surface area contributed by atoms with Gasteiger partial charge in [0.25, 0.3) is 0 Å². The normalized spacial score (nSPS) is 14.3. The smallest absolute Gasteiger partial charge is 0.306 e. The number of aromatic nitrogens is 2. The van der Waals surface area contributed by atoms with E-state index in [-0.39, 0.29) is 24.7 Å². The third kappa shape index (κ3) is 4.57. The minimum Gasteiger partial charge on any atom is -0.466 e. The van der Waals surface area contributed by atoms with Crippen molar-refractivity contribution in [3.63, 3.8) is 0 Å². The first-order valence-corrected chi connectivity index (χ1v) is 9.60. The maximum Gasteiger partial charge on any atom is 0.306 e. The summed E-state index contributed by atoms with van der Waals surface area (Å²) in [4.78, 5) is 37.6. The molecule has 1 amide bonds. The number of esters is 1. The highest BCUT2D eigenvalue weighted by molar-refractivity contribution is 7.13. The number of amides is 1. The number of rotatable bonds is 6. The molecule has 0 atom stereocenters. The van der Waals surface area contributed by atoms with E-state index in [9.17, 15) is 9.59 Å². The van der Waals surface area contributed by atoms with Crippen LogP contribution in [0, 0.1) is 0 Å².